The largest absolute Gasteiger partial charge is 0.460 e. The van der Waals surface area contributed by atoms with Crippen LogP contribution in [0.15, 0.2) is 43.0 Å². The lowest BCUT2D eigenvalue weighted by molar-refractivity contribution is -0.171. The summed E-state index contributed by atoms with van der Waals surface area (Å²) in [7, 11) is 3.05. The molecule has 0 bridgehead atoms. The van der Waals surface area contributed by atoms with Gasteiger partial charge in [0.05, 0.1) is 5.92 Å². The number of allylic oxidation sites excluding steroid dienone is 1. The number of cyclic esters (lactones) is 2. The maximum Gasteiger partial charge on any atom is 0.329 e. The van der Waals surface area contributed by atoms with Crippen molar-refractivity contribution in [2.45, 2.75) is 130 Å². The number of hydrogen-bond donors (Lipinski definition) is 1. The van der Waals surface area contributed by atoms with Gasteiger partial charge in [-0.2, -0.15) is 0 Å². The van der Waals surface area contributed by atoms with Crippen molar-refractivity contribution < 1.29 is 38.2 Å². The normalized spacial score (nSPS) is 27.8. The van der Waals surface area contributed by atoms with Gasteiger partial charge >= 0.3 is 11.9 Å². The number of amides is 4. The molecule has 2 heterocycles. The van der Waals surface area contributed by atoms with Crippen LogP contribution in [-0.4, -0.2) is 107 Å². The molecule has 0 spiro atoms. The topological polar surface area (TPSA) is 143 Å². The highest BCUT2D eigenvalue weighted by molar-refractivity contribution is 5.95. The first-order chi connectivity index (χ1) is 25.0. The summed E-state index contributed by atoms with van der Waals surface area (Å²) < 4.78 is 12.2. The number of rotatable bonds is 10. The number of benzene rings is 1. The van der Waals surface area contributed by atoms with Crippen LogP contribution >= 0.6 is 0 Å². The van der Waals surface area contributed by atoms with Crippen molar-refractivity contribution in [3.63, 3.8) is 0 Å². The van der Waals surface area contributed by atoms with Crippen LogP contribution in [0, 0.1) is 23.7 Å². The molecular weight excluding hydrogens is 676 g/mol. The lowest BCUT2D eigenvalue weighted by Gasteiger charge is -2.37. The van der Waals surface area contributed by atoms with Gasteiger partial charge in [0, 0.05) is 27.1 Å². The number of fused-ring (bicyclic) bond motifs is 1. The molecule has 0 saturated carbocycles. The highest BCUT2D eigenvalue weighted by Gasteiger charge is 2.45. The molecule has 0 radical (unpaired) electrons. The first-order valence-electron chi connectivity index (χ1n) is 19.2. The molecule has 1 aromatic rings. The predicted octanol–water partition coefficient (Wildman–Crippen LogP) is 4.55. The van der Waals surface area contributed by atoms with Crippen LogP contribution in [0.5, 0.6) is 0 Å². The lowest BCUT2D eigenvalue weighted by atomic mass is 9.94. The summed E-state index contributed by atoms with van der Waals surface area (Å²) in [6, 6.07) is 5.16. The maximum atomic E-state index is 14.3. The second-order valence-corrected chi connectivity index (χ2v) is 15.4. The number of nitrogens with one attached hydrogen (secondary N) is 1. The molecule has 12 heteroatoms. The van der Waals surface area contributed by atoms with E-state index in [2.05, 4.69) is 11.9 Å². The zero-order valence-corrected chi connectivity index (χ0v) is 33.2. The van der Waals surface area contributed by atoms with Crippen LogP contribution in [0.4, 0.5) is 0 Å². The van der Waals surface area contributed by atoms with Crippen LogP contribution in [0.25, 0.3) is 0 Å². The van der Waals surface area contributed by atoms with Crippen LogP contribution in [-0.2, 0) is 44.7 Å². The predicted molar refractivity (Wildman–Crippen MR) is 202 cm³/mol. The SMILES string of the molecule is C=CCCC[C@H]1OC(=O)[C@H]([C@@H](C)CC)N(C)C(=O)[C@@H]2CCCN2C(=O)[C@H](C(C)C)OC(=O)[C@H](Cc2ccccc2)N(C)C(=O)[C@H](C(C)C)NC(=O)[C@H]1C. The van der Waals surface area contributed by atoms with E-state index >= 15 is 0 Å². The highest BCUT2D eigenvalue weighted by atomic mass is 16.6. The summed E-state index contributed by atoms with van der Waals surface area (Å²) in [6.07, 6.45) is 2.82. The number of unbranched alkanes of at least 4 members (excludes halogenated alkanes) is 1. The molecule has 1 aromatic carbocycles. The van der Waals surface area contributed by atoms with E-state index in [-0.39, 0.29) is 24.8 Å². The van der Waals surface area contributed by atoms with Crippen molar-refractivity contribution in [2.24, 2.45) is 23.7 Å². The van der Waals surface area contributed by atoms with Gasteiger partial charge in [-0.15, -0.1) is 6.58 Å². The molecule has 294 valence electrons. The van der Waals surface area contributed by atoms with Crippen LogP contribution < -0.4 is 5.32 Å². The average Bonchev–Trinajstić information content (AvgIpc) is 3.63. The van der Waals surface area contributed by atoms with E-state index in [0.717, 1.165) is 5.56 Å². The van der Waals surface area contributed by atoms with Gasteiger partial charge in [0.15, 0.2) is 6.10 Å². The maximum absolute atomic E-state index is 14.3. The molecule has 0 aliphatic carbocycles. The Morgan fingerprint density at radius 1 is 0.887 bits per heavy atom. The monoisotopic (exact) mass is 738 g/mol. The van der Waals surface area contributed by atoms with E-state index in [4.69, 9.17) is 9.47 Å². The van der Waals surface area contributed by atoms with Gasteiger partial charge < -0.3 is 29.5 Å². The summed E-state index contributed by atoms with van der Waals surface area (Å²) in [5.41, 5.74) is 0.770. The van der Waals surface area contributed by atoms with E-state index in [9.17, 15) is 28.8 Å². The molecule has 2 fully saturated rings. The van der Waals surface area contributed by atoms with Crippen LogP contribution in [0.1, 0.15) is 92.6 Å². The Balaban J connectivity index is 2.18. The first-order valence-corrected chi connectivity index (χ1v) is 19.2. The second kappa shape index (κ2) is 19.7. The van der Waals surface area contributed by atoms with Crippen molar-refractivity contribution in [3.05, 3.63) is 48.6 Å². The molecule has 1 N–H and O–H groups in total. The Morgan fingerprint density at radius 2 is 1.55 bits per heavy atom. The van der Waals surface area contributed by atoms with E-state index in [0.29, 0.717) is 38.5 Å². The van der Waals surface area contributed by atoms with Crippen LogP contribution in [0.3, 0.4) is 0 Å². The Morgan fingerprint density at radius 3 is 2.13 bits per heavy atom. The number of likely N-dealkylation sites (N-methyl/N-ethyl adjacent to an activating group) is 2. The summed E-state index contributed by atoms with van der Waals surface area (Å²) in [4.78, 5) is 89.3. The van der Waals surface area contributed by atoms with Crippen molar-refractivity contribution in [1.29, 1.82) is 0 Å². The Labute approximate surface area is 316 Å². The Hall–Kier alpha value is -4.22. The Kier molecular flexibility index (Phi) is 16.1. The van der Waals surface area contributed by atoms with E-state index in [1.54, 1.807) is 47.7 Å². The molecule has 4 amide bonds. The third kappa shape index (κ3) is 10.7. The molecule has 2 aliphatic heterocycles. The second-order valence-electron chi connectivity index (χ2n) is 15.4. The third-order valence-corrected chi connectivity index (χ3v) is 10.8. The van der Waals surface area contributed by atoms with Crippen molar-refractivity contribution >= 4 is 35.6 Å². The van der Waals surface area contributed by atoms with Crippen LogP contribution in [0.2, 0.25) is 0 Å². The minimum Gasteiger partial charge on any atom is -0.460 e. The average molecular weight is 739 g/mol. The standard InChI is InChI=1S/C41H62N4O8/c1-11-13-15-22-32-28(8)36(46)42-33(25(3)4)38(48)43(9)31(24-29-19-16-14-17-20-29)40(50)53-35(26(5)6)39(49)45-23-18-21-30(45)37(47)44(10)34(27(7)12-2)41(51)52-32/h11,14,16-17,19-20,25-28,30-35H,1,12-13,15,18,21-24H2,2-10H3,(H,42,46)/t27-,28-,30-,31-,32+,33-,34-,35-/m0/s1. The molecule has 3 rings (SSSR count). The fraction of sp³-hybridized carbons (Fsp3) is 0.659. The fourth-order valence-electron chi connectivity index (χ4n) is 7.14. The molecule has 8 atom stereocenters. The van der Waals surface area contributed by atoms with Gasteiger partial charge in [0.2, 0.25) is 17.7 Å². The summed E-state index contributed by atoms with van der Waals surface area (Å²) in [5.74, 6) is -5.32. The zero-order valence-electron chi connectivity index (χ0n) is 33.2. The van der Waals surface area contributed by atoms with Gasteiger partial charge in [-0.3, -0.25) is 19.2 Å². The summed E-state index contributed by atoms with van der Waals surface area (Å²) in [5, 5.41) is 2.90. The zero-order chi connectivity index (χ0) is 39.6. The Bertz CT molecular complexity index is 1450. The minimum absolute atomic E-state index is 0.101. The third-order valence-electron chi connectivity index (χ3n) is 10.8. The number of carbonyl (C=O) groups is 6. The van der Waals surface area contributed by atoms with Crippen molar-refractivity contribution in [3.8, 4) is 0 Å². The number of ether oxygens (including phenoxy) is 2. The minimum atomic E-state index is -1.24. The molecule has 53 heavy (non-hydrogen) atoms. The molecule has 2 saturated heterocycles. The van der Waals surface area contributed by atoms with Gasteiger partial charge in [-0.25, -0.2) is 9.59 Å². The number of hydrogen-bond acceptors (Lipinski definition) is 8. The van der Waals surface area contributed by atoms with Gasteiger partial charge in [0.1, 0.15) is 30.3 Å². The fourth-order valence-corrected chi connectivity index (χ4v) is 7.14. The molecule has 12 nitrogen and oxygen atoms in total. The molecule has 0 aromatic heterocycles. The number of nitrogens with zero attached hydrogens (tertiary/aromatic N) is 3. The van der Waals surface area contributed by atoms with Gasteiger partial charge in [0.25, 0.3) is 5.91 Å². The van der Waals surface area contributed by atoms with Crippen molar-refractivity contribution in [1.82, 2.24) is 20.0 Å². The van der Waals surface area contributed by atoms with E-state index < -0.39 is 83.8 Å². The number of esters is 2. The molecule has 0 unspecified atom stereocenters. The summed E-state index contributed by atoms with van der Waals surface area (Å²) >= 11 is 0. The lowest BCUT2D eigenvalue weighted by Crippen LogP contribution is -2.57. The van der Waals surface area contributed by atoms with E-state index in [1.165, 1.54) is 21.7 Å². The number of carbonyl (C=O) groups excluding carboxylic acids is 6. The highest BCUT2D eigenvalue weighted by Crippen LogP contribution is 2.28. The van der Waals surface area contributed by atoms with Gasteiger partial charge in [-0.05, 0) is 55.4 Å². The van der Waals surface area contributed by atoms with Crippen molar-refractivity contribution in [2.75, 3.05) is 20.6 Å². The molecule has 2 aliphatic rings. The quantitative estimate of drug-likeness (QED) is 0.210. The smallest absolute Gasteiger partial charge is 0.329 e. The summed E-state index contributed by atoms with van der Waals surface area (Å²) in [6.45, 7) is 16.6. The van der Waals surface area contributed by atoms with Gasteiger partial charge in [-0.1, -0.05) is 91.3 Å². The molecular formula is C41H62N4O8. The van der Waals surface area contributed by atoms with E-state index in [1.807, 2.05) is 44.2 Å². The first kappa shape index (κ1) is 43.2.